The van der Waals surface area contributed by atoms with Crippen LogP contribution in [0.5, 0.6) is 0 Å². The van der Waals surface area contributed by atoms with Crippen molar-refractivity contribution in [2.75, 3.05) is 5.48 Å². The Morgan fingerprint density at radius 3 is 2.50 bits per heavy atom. The van der Waals surface area contributed by atoms with Gasteiger partial charge in [-0.25, -0.2) is 10.3 Å². The van der Waals surface area contributed by atoms with Crippen molar-refractivity contribution in [2.24, 2.45) is 0 Å². The van der Waals surface area contributed by atoms with Crippen LogP contribution in [0.2, 0.25) is 0 Å². The molecular weight excluding hydrogens is 274 g/mol. The molecule has 0 fully saturated rings. The van der Waals surface area contributed by atoms with E-state index in [0.717, 1.165) is 36.1 Å². The fourth-order valence-electron chi connectivity index (χ4n) is 2.27. The van der Waals surface area contributed by atoms with Gasteiger partial charge in [0, 0.05) is 6.42 Å². The second-order valence-electron chi connectivity index (χ2n) is 5.43. The van der Waals surface area contributed by atoms with E-state index in [0.29, 0.717) is 6.42 Å². The summed E-state index contributed by atoms with van der Waals surface area (Å²) in [6.45, 7) is 4.11. The van der Waals surface area contributed by atoms with Gasteiger partial charge in [-0.15, -0.1) is 0 Å². The van der Waals surface area contributed by atoms with Crippen LogP contribution in [0.25, 0.3) is 11.1 Å². The topological polar surface area (TPSA) is 38.3 Å². The van der Waals surface area contributed by atoms with E-state index >= 15 is 0 Å². The van der Waals surface area contributed by atoms with E-state index in [4.69, 9.17) is 4.84 Å². The summed E-state index contributed by atoms with van der Waals surface area (Å²) in [4.78, 5) is 16.7. The van der Waals surface area contributed by atoms with Gasteiger partial charge in [-0.2, -0.15) is 0 Å². The summed E-state index contributed by atoms with van der Waals surface area (Å²) in [5, 5.41) is 0. The maximum atomic E-state index is 11.6. The number of hydrogen-bond donors (Lipinski definition) is 1. The lowest BCUT2D eigenvalue weighted by atomic mass is 10.0. The number of aryl methyl sites for hydroxylation is 1. The standard InChI is InChI=1S/C19H23NO2/c1-3-4-6-11-19(21)22-20-18-13-12-17(14-15(18)2)16-9-7-5-8-10-16/h5,7-10,12-14,20H,3-4,6,11H2,1-2H3. The first-order chi connectivity index (χ1) is 10.7. The van der Waals surface area contributed by atoms with E-state index in [1.54, 1.807) is 0 Å². The molecule has 1 N–H and O–H groups in total. The van der Waals surface area contributed by atoms with Crippen molar-refractivity contribution in [3.8, 4) is 11.1 Å². The minimum Gasteiger partial charge on any atom is -0.343 e. The third-order valence-corrected chi connectivity index (χ3v) is 3.59. The van der Waals surface area contributed by atoms with E-state index in [1.165, 1.54) is 5.56 Å². The number of rotatable bonds is 7. The van der Waals surface area contributed by atoms with Gasteiger partial charge in [0.25, 0.3) is 0 Å². The van der Waals surface area contributed by atoms with Crippen molar-refractivity contribution in [3.05, 3.63) is 54.1 Å². The van der Waals surface area contributed by atoms with Crippen molar-refractivity contribution in [1.29, 1.82) is 0 Å². The largest absolute Gasteiger partial charge is 0.343 e. The molecule has 22 heavy (non-hydrogen) atoms. The average Bonchev–Trinajstić information content (AvgIpc) is 2.55. The molecule has 0 heterocycles. The summed E-state index contributed by atoms with van der Waals surface area (Å²) < 4.78 is 0. The highest BCUT2D eigenvalue weighted by Crippen LogP contribution is 2.24. The number of carbonyl (C=O) groups is 1. The molecule has 0 atom stereocenters. The van der Waals surface area contributed by atoms with Crippen LogP contribution in [0.3, 0.4) is 0 Å². The monoisotopic (exact) mass is 297 g/mol. The summed E-state index contributed by atoms with van der Waals surface area (Å²) >= 11 is 0. The van der Waals surface area contributed by atoms with Gasteiger partial charge < -0.3 is 4.84 Å². The van der Waals surface area contributed by atoms with Crippen LogP contribution in [0.1, 0.15) is 38.2 Å². The van der Waals surface area contributed by atoms with Crippen molar-refractivity contribution in [3.63, 3.8) is 0 Å². The first kappa shape index (κ1) is 16.1. The molecule has 0 saturated carbocycles. The molecule has 0 unspecified atom stereocenters. The number of anilines is 1. The van der Waals surface area contributed by atoms with E-state index < -0.39 is 0 Å². The second-order valence-corrected chi connectivity index (χ2v) is 5.43. The highest BCUT2D eigenvalue weighted by atomic mass is 16.7. The molecule has 0 aliphatic rings. The lowest BCUT2D eigenvalue weighted by Crippen LogP contribution is -2.10. The Morgan fingerprint density at radius 2 is 1.82 bits per heavy atom. The fourth-order valence-corrected chi connectivity index (χ4v) is 2.27. The van der Waals surface area contributed by atoms with E-state index in [9.17, 15) is 4.79 Å². The quantitative estimate of drug-likeness (QED) is 0.570. The number of hydrogen-bond acceptors (Lipinski definition) is 3. The summed E-state index contributed by atoms with van der Waals surface area (Å²) in [6.07, 6.45) is 3.49. The third kappa shape index (κ3) is 4.62. The van der Waals surface area contributed by atoms with E-state index in [2.05, 4.69) is 30.6 Å². The molecule has 3 heteroatoms. The maximum absolute atomic E-state index is 11.6. The van der Waals surface area contributed by atoms with Crippen LogP contribution < -0.4 is 5.48 Å². The van der Waals surface area contributed by atoms with Crippen molar-refractivity contribution in [1.82, 2.24) is 0 Å². The number of unbranched alkanes of at least 4 members (excludes halogenated alkanes) is 2. The molecule has 0 amide bonds. The van der Waals surface area contributed by atoms with Gasteiger partial charge in [0.1, 0.15) is 0 Å². The molecule has 0 aromatic heterocycles. The van der Waals surface area contributed by atoms with Crippen molar-refractivity contribution in [2.45, 2.75) is 39.5 Å². The minimum absolute atomic E-state index is 0.208. The highest BCUT2D eigenvalue weighted by Gasteiger charge is 2.06. The molecule has 116 valence electrons. The zero-order chi connectivity index (χ0) is 15.8. The second kappa shape index (κ2) is 8.23. The van der Waals surface area contributed by atoms with Crippen LogP contribution in [0.4, 0.5) is 5.69 Å². The van der Waals surface area contributed by atoms with E-state index in [-0.39, 0.29) is 5.97 Å². The highest BCUT2D eigenvalue weighted by molar-refractivity contribution is 5.72. The van der Waals surface area contributed by atoms with Gasteiger partial charge in [-0.05, 0) is 42.2 Å². The Balaban J connectivity index is 1.94. The van der Waals surface area contributed by atoms with Gasteiger partial charge in [0.05, 0.1) is 5.69 Å². The van der Waals surface area contributed by atoms with Gasteiger partial charge in [0.15, 0.2) is 0 Å². The number of nitrogens with one attached hydrogen (secondary N) is 1. The first-order valence-electron chi connectivity index (χ1n) is 7.82. The molecule has 0 aliphatic carbocycles. The molecule has 2 rings (SSSR count). The Bertz CT molecular complexity index is 608. The Kier molecular flexibility index (Phi) is 6.01. The lowest BCUT2D eigenvalue weighted by Gasteiger charge is -2.11. The summed E-state index contributed by atoms with van der Waals surface area (Å²) in [5.41, 5.74) is 6.96. The van der Waals surface area contributed by atoms with Crippen LogP contribution in [0, 0.1) is 6.92 Å². The van der Waals surface area contributed by atoms with Crippen molar-refractivity contribution >= 4 is 11.7 Å². The zero-order valence-corrected chi connectivity index (χ0v) is 13.3. The van der Waals surface area contributed by atoms with Gasteiger partial charge in [0.2, 0.25) is 0 Å². The van der Waals surface area contributed by atoms with Crippen LogP contribution in [0.15, 0.2) is 48.5 Å². The molecule has 2 aromatic carbocycles. The molecule has 0 radical (unpaired) electrons. The van der Waals surface area contributed by atoms with Gasteiger partial charge in [-0.1, -0.05) is 56.2 Å². The molecule has 0 saturated heterocycles. The Morgan fingerprint density at radius 1 is 1.05 bits per heavy atom. The Hall–Kier alpha value is -2.29. The maximum Gasteiger partial charge on any atom is 0.332 e. The number of benzene rings is 2. The first-order valence-corrected chi connectivity index (χ1v) is 7.82. The number of carbonyl (C=O) groups excluding carboxylic acids is 1. The summed E-state index contributed by atoms with van der Waals surface area (Å²) in [5.74, 6) is -0.208. The lowest BCUT2D eigenvalue weighted by molar-refractivity contribution is -0.140. The molecule has 3 nitrogen and oxygen atoms in total. The molecular formula is C19H23NO2. The van der Waals surface area contributed by atoms with E-state index in [1.807, 2.05) is 37.3 Å². The van der Waals surface area contributed by atoms with Crippen LogP contribution >= 0.6 is 0 Å². The molecule has 0 aliphatic heterocycles. The van der Waals surface area contributed by atoms with Crippen molar-refractivity contribution < 1.29 is 9.63 Å². The van der Waals surface area contributed by atoms with Gasteiger partial charge in [-0.3, -0.25) is 0 Å². The minimum atomic E-state index is -0.208. The zero-order valence-electron chi connectivity index (χ0n) is 13.3. The molecule has 0 bridgehead atoms. The smallest absolute Gasteiger partial charge is 0.332 e. The molecule has 0 spiro atoms. The van der Waals surface area contributed by atoms with Crippen LogP contribution in [-0.4, -0.2) is 5.97 Å². The predicted molar refractivity (Wildman–Crippen MR) is 90.5 cm³/mol. The summed E-state index contributed by atoms with van der Waals surface area (Å²) in [6, 6.07) is 16.3. The third-order valence-electron chi connectivity index (χ3n) is 3.59. The average molecular weight is 297 g/mol. The van der Waals surface area contributed by atoms with Gasteiger partial charge >= 0.3 is 5.97 Å². The normalized spacial score (nSPS) is 10.3. The fraction of sp³-hybridized carbons (Fsp3) is 0.316. The predicted octanol–water partition coefficient (Wildman–Crippen LogP) is 5.11. The Labute approximate surface area is 132 Å². The molecule has 2 aromatic rings. The summed E-state index contributed by atoms with van der Waals surface area (Å²) in [7, 11) is 0. The SMILES string of the molecule is CCCCCC(=O)ONc1ccc(-c2ccccc2)cc1C. The van der Waals surface area contributed by atoms with Crippen LogP contribution in [-0.2, 0) is 9.63 Å².